The summed E-state index contributed by atoms with van der Waals surface area (Å²) < 4.78 is 1.90. The Hall–Kier alpha value is -1.87. The summed E-state index contributed by atoms with van der Waals surface area (Å²) in [5.74, 6) is -0.112. The molecule has 0 saturated heterocycles. The van der Waals surface area contributed by atoms with Gasteiger partial charge in [0.05, 0.1) is 24.9 Å². The lowest BCUT2D eigenvalue weighted by molar-refractivity contribution is -0.121. The Bertz CT molecular complexity index is 553. The molecule has 0 spiro atoms. The summed E-state index contributed by atoms with van der Waals surface area (Å²) in [5, 5.41) is 19.7. The molecule has 6 heteroatoms. The molecule has 2 unspecified atom stereocenters. The van der Waals surface area contributed by atoms with E-state index in [1.54, 1.807) is 0 Å². The van der Waals surface area contributed by atoms with Gasteiger partial charge in [0.2, 0.25) is 5.91 Å². The van der Waals surface area contributed by atoms with Crippen molar-refractivity contribution in [3.05, 3.63) is 18.0 Å². The molecule has 120 valence electrons. The lowest BCUT2D eigenvalue weighted by atomic mass is 10.00. The van der Waals surface area contributed by atoms with Gasteiger partial charge in [0.1, 0.15) is 5.54 Å². The Labute approximate surface area is 131 Å². The molecule has 1 aliphatic carbocycles. The van der Waals surface area contributed by atoms with Gasteiger partial charge >= 0.3 is 0 Å². The Morgan fingerprint density at radius 3 is 2.73 bits per heavy atom. The van der Waals surface area contributed by atoms with Crippen LogP contribution in [0.1, 0.15) is 51.1 Å². The van der Waals surface area contributed by atoms with Crippen molar-refractivity contribution in [2.45, 2.75) is 64.1 Å². The SMILES string of the molecule is Cc1cnn(C(C)C(C)NCC(=O)NC2(C#N)CCCC2)c1. The third-order valence-electron chi connectivity index (χ3n) is 4.51. The fourth-order valence-electron chi connectivity index (χ4n) is 2.86. The summed E-state index contributed by atoms with van der Waals surface area (Å²) >= 11 is 0. The number of hydrogen-bond acceptors (Lipinski definition) is 4. The highest BCUT2D eigenvalue weighted by molar-refractivity contribution is 5.79. The van der Waals surface area contributed by atoms with Crippen LogP contribution in [0.25, 0.3) is 0 Å². The Morgan fingerprint density at radius 1 is 1.50 bits per heavy atom. The van der Waals surface area contributed by atoms with Crippen molar-refractivity contribution in [2.24, 2.45) is 0 Å². The molecule has 1 aromatic rings. The maximum atomic E-state index is 12.1. The molecular formula is C16H25N5O. The molecule has 1 amide bonds. The van der Waals surface area contributed by atoms with Gasteiger partial charge in [-0.3, -0.25) is 9.48 Å². The van der Waals surface area contributed by atoms with Gasteiger partial charge in [0.25, 0.3) is 0 Å². The summed E-state index contributed by atoms with van der Waals surface area (Å²) in [7, 11) is 0. The first-order valence-corrected chi connectivity index (χ1v) is 7.92. The van der Waals surface area contributed by atoms with E-state index in [1.807, 2.05) is 30.9 Å². The molecule has 1 heterocycles. The van der Waals surface area contributed by atoms with Crippen LogP contribution in [-0.2, 0) is 4.79 Å². The second-order valence-electron chi connectivity index (χ2n) is 6.36. The fourth-order valence-corrected chi connectivity index (χ4v) is 2.86. The Morgan fingerprint density at radius 2 is 2.18 bits per heavy atom. The first-order chi connectivity index (χ1) is 10.5. The van der Waals surface area contributed by atoms with E-state index in [0.29, 0.717) is 0 Å². The van der Waals surface area contributed by atoms with Crippen molar-refractivity contribution in [1.29, 1.82) is 5.26 Å². The number of carbonyl (C=O) groups excluding carboxylic acids is 1. The van der Waals surface area contributed by atoms with Gasteiger partial charge in [0.15, 0.2) is 0 Å². The maximum Gasteiger partial charge on any atom is 0.235 e. The number of nitriles is 1. The third kappa shape index (κ3) is 3.86. The van der Waals surface area contributed by atoms with Crippen LogP contribution < -0.4 is 10.6 Å². The topological polar surface area (TPSA) is 82.7 Å². The van der Waals surface area contributed by atoms with E-state index in [1.165, 1.54) is 0 Å². The molecule has 6 nitrogen and oxygen atoms in total. The van der Waals surface area contributed by atoms with Crippen LogP contribution in [0, 0.1) is 18.3 Å². The number of aromatic nitrogens is 2. The van der Waals surface area contributed by atoms with Crippen molar-refractivity contribution in [2.75, 3.05) is 6.54 Å². The summed E-state index contributed by atoms with van der Waals surface area (Å²) in [5.41, 5.74) is 0.473. The highest BCUT2D eigenvalue weighted by atomic mass is 16.2. The molecule has 2 rings (SSSR count). The zero-order valence-corrected chi connectivity index (χ0v) is 13.6. The average Bonchev–Trinajstić information content (AvgIpc) is 3.13. The lowest BCUT2D eigenvalue weighted by Crippen LogP contribution is -2.49. The van der Waals surface area contributed by atoms with E-state index < -0.39 is 5.54 Å². The first kappa shape index (κ1) is 16.5. The van der Waals surface area contributed by atoms with Crippen LogP contribution in [-0.4, -0.2) is 33.8 Å². The minimum Gasteiger partial charge on any atom is -0.337 e. The number of rotatable bonds is 6. The number of aryl methyl sites for hydroxylation is 1. The van der Waals surface area contributed by atoms with Crippen LogP contribution in [0.3, 0.4) is 0 Å². The molecule has 0 aliphatic heterocycles. The Balaban J connectivity index is 1.82. The zero-order chi connectivity index (χ0) is 16.2. The van der Waals surface area contributed by atoms with Gasteiger partial charge in [-0.25, -0.2) is 0 Å². The van der Waals surface area contributed by atoms with Crippen LogP contribution in [0.4, 0.5) is 0 Å². The van der Waals surface area contributed by atoms with Gasteiger partial charge in [-0.1, -0.05) is 0 Å². The van der Waals surface area contributed by atoms with Gasteiger partial charge < -0.3 is 10.6 Å². The summed E-state index contributed by atoms with van der Waals surface area (Å²) in [6.07, 6.45) is 7.35. The third-order valence-corrected chi connectivity index (χ3v) is 4.51. The monoisotopic (exact) mass is 303 g/mol. The predicted molar refractivity (Wildman–Crippen MR) is 84.1 cm³/mol. The second-order valence-corrected chi connectivity index (χ2v) is 6.36. The minimum atomic E-state index is -0.646. The number of nitrogens with one attached hydrogen (secondary N) is 2. The standard InChI is InChI=1S/C16H25N5O/c1-12-8-19-21(10-12)14(3)13(2)18-9-15(22)20-16(11-17)6-4-5-7-16/h8,10,13-14,18H,4-7,9H2,1-3H3,(H,20,22). The summed E-state index contributed by atoms with van der Waals surface area (Å²) in [6, 6.07) is 2.53. The molecule has 1 aromatic heterocycles. The molecular weight excluding hydrogens is 278 g/mol. The van der Waals surface area contributed by atoms with Gasteiger partial charge in [0, 0.05) is 12.2 Å². The molecule has 22 heavy (non-hydrogen) atoms. The molecule has 0 radical (unpaired) electrons. The normalized spacial score (nSPS) is 19.4. The number of amides is 1. The van der Waals surface area contributed by atoms with Crippen molar-refractivity contribution < 1.29 is 4.79 Å². The highest BCUT2D eigenvalue weighted by Crippen LogP contribution is 2.28. The van der Waals surface area contributed by atoms with Gasteiger partial charge in [-0.2, -0.15) is 10.4 Å². The van der Waals surface area contributed by atoms with E-state index >= 15 is 0 Å². The molecule has 1 aliphatic rings. The van der Waals surface area contributed by atoms with Crippen molar-refractivity contribution in [3.63, 3.8) is 0 Å². The molecule has 0 bridgehead atoms. The van der Waals surface area contributed by atoms with Crippen molar-refractivity contribution in [1.82, 2.24) is 20.4 Å². The maximum absolute atomic E-state index is 12.1. The van der Waals surface area contributed by atoms with Crippen LogP contribution in [0.2, 0.25) is 0 Å². The smallest absolute Gasteiger partial charge is 0.235 e. The lowest BCUT2D eigenvalue weighted by Gasteiger charge is -2.24. The van der Waals surface area contributed by atoms with Crippen molar-refractivity contribution in [3.8, 4) is 6.07 Å². The van der Waals surface area contributed by atoms with E-state index in [0.717, 1.165) is 31.2 Å². The van der Waals surface area contributed by atoms with E-state index in [9.17, 15) is 10.1 Å². The number of hydrogen-bond donors (Lipinski definition) is 2. The molecule has 1 fully saturated rings. The summed E-state index contributed by atoms with van der Waals surface area (Å²) in [4.78, 5) is 12.1. The van der Waals surface area contributed by atoms with Crippen molar-refractivity contribution >= 4 is 5.91 Å². The van der Waals surface area contributed by atoms with Gasteiger partial charge in [-0.15, -0.1) is 0 Å². The fraction of sp³-hybridized carbons (Fsp3) is 0.688. The second kappa shape index (κ2) is 6.93. The minimum absolute atomic E-state index is 0.103. The Kier molecular flexibility index (Phi) is 5.19. The van der Waals surface area contributed by atoms with Crippen LogP contribution in [0.15, 0.2) is 12.4 Å². The summed E-state index contributed by atoms with van der Waals surface area (Å²) in [6.45, 7) is 6.32. The predicted octanol–water partition coefficient (Wildman–Crippen LogP) is 1.68. The first-order valence-electron chi connectivity index (χ1n) is 7.92. The van der Waals surface area contributed by atoms with Crippen LogP contribution in [0.5, 0.6) is 0 Å². The number of carbonyl (C=O) groups is 1. The largest absolute Gasteiger partial charge is 0.337 e. The molecule has 1 saturated carbocycles. The van der Waals surface area contributed by atoms with Gasteiger partial charge in [-0.05, 0) is 52.0 Å². The zero-order valence-electron chi connectivity index (χ0n) is 13.6. The molecule has 2 atom stereocenters. The highest BCUT2D eigenvalue weighted by Gasteiger charge is 2.35. The van der Waals surface area contributed by atoms with Crippen LogP contribution >= 0.6 is 0 Å². The quantitative estimate of drug-likeness (QED) is 0.837. The van der Waals surface area contributed by atoms with E-state index in [-0.39, 0.29) is 24.5 Å². The average molecular weight is 303 g/mol. The van der Waals surface area contributed by atoms with E-state index in [2.05, 4.69) is 28.7 Å². The number of nitrogens with zero attached hydrogens (tertiary/aromatic N) is 3. The van der Waals surface area contributed by atoms with E-state index in [4.69, 9.17) is 0 Å². The molecule has 0 aromatic carbocycles. The molecule has 2 N–H and O–H groups in total.